The Kier molecular flexibility index (Phi) is 5.91. The maximum absolute atomic E-state index is 13.9. The molecule has 1 fully saturated rings. The molecule has 5 nitrogen and oxygen atoms in total. The first-order valence-corrected chi connectivity index (χ1v) is 11.7. The van der Waals surface area contributed by atoms with E-state index in [1.165, 1.54) is 12.1 Å². The lowest BCUT2D eigenvalue weighted by atomic mass is 9.84. The van der Waals surface area contributed by atoms with Crippen molar-refractivity contribution in [2.45, 2.75) is 58.4 Å². The molecule has 0 spiro atoms. The molecule has 0 amide bonds. The molecule has 0 unspecified atom stereocenters. The number of hydrogen-bond donors (Lipinski definition) is 0. The van der Waals surface area contributed by atoms with Crippen LogP contribution in [0, 0.1) is 42.7 Å². The third-order valence-electron chi connectivity index (χ3n) is 6.99. The summed E-state index contributed by atoms with van der Waals surface area (Å²) in [5.41, 5.74) is 5.35. The van der Waals surface area contributed by atoms with Gasteiger partial charge in [0.15, 0.2) is 11.6 Å². The van der Waals surface area contributed by atoms with Gasteiger partial charge in [-0.25, -0.2) is 13.8 Å². The maximum atomic E-state index is 13.9. The van der Waals surface area contributed by atoms with Gasteiger partial charge in [0.2, 0.25) is 0 Å². The number of nitriles is 1. The van der Waals surface area contributed by atoms with Crippen molar-refractivity contribution in [2.24, 2.45) is 5.92 Å². The summed E-state index contributed by atoms with van der Waals surface area (Å²) in [5, 5.41) is 13.1. The van der Waals surface area contributed by atoms with Gasteiger partial charge in [-0.3, -0.25) is 0 Å². The molecule has 0 saturated heterocycles. The third kappa shape index (κ3) is 4.09. The molecule has 0 radical (unpaired) electrons. The van der Waals surface area contributed by atoms with E-state index in [0.717, 1.165) is 65.1 Å². The van der Waals surface area contributed by atoms with Gasteiger partial charge in [-0.2, -0.15) is 5.26 Å². The van der Waals surface area contributed by atoms with E-state index in [2.05, 4.69) is 34.0 Å². The summed E-state index contributed by atoms with van der Waals surface area (Å²) in [4.78, 5) is 4.96. The van der Waals surface area contributed by atoms with Crippen LogP contribution >= 0.6 is 0 Å². The minimum absolute atomic E-state index is 0.255. The molecule has 0 N–H and O–H groups in total. The number of fused-ring (bicyclic) bond motifs is 1. The number of benzene rings is 2. The van der Waals surface area contributed by atoms with E-state index in [1.54, 1.807) is 6.07 Å². The summed E-state index contributed by atoms with van der Waals surface area (Å²) in [7, 11) is 0. The first-order chi connectivity index (χ1) is 16.4. The van der Waals surface area contributed by atoms with E-state index in [-0.39, 0.29) is 6.04 Å². The Labute approximate surface area is 197 Å². The van der Waals surface area contributed by atoms with Crippen molar-refractivity contribution in [1.29, 1.82) is 5.26 Å². The van der Waals surface area contributed by atoms with Crippen molar-refractivity contribution >= 4 is 11.0 Å². The third-order valence-corrected chi connectivity index (χ3v) is 6.99. The van der Waals surface area contributed by atoms with Gasteiger partial charge in [-0.15, -0.1) is 0 Å². The number of aryl methyl sites for hydroxylation is 2. The van der Waals surface area contributed by atoms with E-state index < -0.39 is 11.6 Å². The van der Waals surface area contributed by atoms with Crippen LogP contribution in [-0.4, -0.2) is 14.7 Å². The molecular weight excluding hydrogens is 434 g/mol. The van der Waals surface area contributed by atoms with Crippen LogP contribution in [0.1, 0.15) is 61.0 Å². The highest BCUT2D eigenvalue weighted by atomic mass is 19.2. The number of hydrogen-bond acceptors (Lipinski definition) is 4. The van der Waals surface area contributed by atoms with Crippen molar-refractivity contribution in [3.05, 3.63) is 70.9 Å². The molecule has 1 saturated carbocycles. The van der Waals surface area contributed by atoms with Crippen LogP contribution in [0.15, 0.2) is 40.9 Å². The van der Waals surface area contributed by atoms with Crippen LogP contribution in [-0.2, 0) is 6.42 Å². The highest BCUT2D eigenvalue weighted by Gasteiger charge is 2.26. The molecule has 0 bridgehead atoms. The molecule has 2 heterocycles. The fraction of sp³-hybridized carbons (Fsp3) is 0.370. The van der Waals surface area contributed by atoms with Gasteiger partial charge in [0.05, 0.1) is 22.8 Å². The van der Waals surface area contributed by atoms with Crippen LogP contribution in [0.25, 0.3) is 22.2 Å². The SMILES string of the molecule is Cc1noc(C)c1-c1ccc2c(c1)nc(Cc1ccc(F)c(F)c1)n2C1CCC(CC#N)CC1. The minimum Gasteiger partial charge on any atom is -0.361 e. The quantitative estimate of drug-likeness (QED) is 0.328. The van der Waals surface area contributed by atoms with Gasteiger partial charge in [0, 0.05) is 24.4 Å². The normalized spacial score (nSPS) is 18.3. The molecule has 4 aromatic rings. The van der Waals surface area contributed by atoms with E-state index in [4.69, 9.17) is 14.8 Å². The summed E-state index contributed by atoms with van der Waals surface area (Å²) in [6.07, 6.45) is 4.94. The van der Waals surface area contributed by atoms with Gasteiger partial charge in [-0.05, 0) is 80.8 Å². The van der Waals surface area contributed by atoms with Crippen molar-refractivity contribution in [1.82, 2.24) is 14.7 Å². The minimum atomic E-state index is -0.850. The first-order valence-electron chi connectivity index (χ1n) is 11.7. The smallest absolute Gasteiger partial charge is 0.159 e. The van der Waals surface area contributed by atoms with E-state index in [9.17, 15) is 8.78 Å². The van der Waals surface area contributed by atoms with Crippen molar-refractivity contribution in [3.8, 4) is 17.2 Å². The number of imidazole rings is 1. The number of rotatable bonds is 5. The predicted octanol–water partition coefficient (Wildman–Crippen LogP) is 6.82. The van der Waals surface area contributed by atoms with Gasteiger partial charge in [-0.1, -0.05) is 17.3 Å². The molecule has 5 rings (SSSR count). The Morgan fingerprint density at radius 1 is 1.06 bits per heavy atom. The lowest BCUT2D eigenvalue weighted by Gasteiger charge is -2.30. The number of halogens is 2. The van der Waals surface area contributed by atoms with Crippen LogP contribution in [0.5, 0.6) is 0 Å². The van der Waals surface area contributed by atoms with Crippen LogP contribution in [0.4, 0.5) is 8.78 Å². The Balaban J connectivity index is 1.57. The average Bonchev–Trinajstić information content (AvgIpc) is 3.35. The zero-order chi connectivity index (χ0) is 23.8. The molecule has 174 valence electrons. The fourth-order valence-corrected chi connectivity index (χ4v) is 5.30. The molecule has 1 aliphatic rings. The molecule has 7 heteroatoms. The Morgan fingerprint density at radius 2 is 1.85 bits per heavy atom. The van der Waals surface area contributed by atoms with Crippen molar-refractivity contribution in [2.75, 3.05) is 0 Å². The molecule has 34 heavy (non-hydrogen) atoms. The summed E-state index contributed by atoms with van der Waals surface area (Å²) in [6.45, 7) is 3.81. The van der Waals surface area contributed by atoms with Gasteiger partial charge in [0.25, 0.3) is 0 Å². The molecule has 0 aliphatic heterocycles. The summed E-state index contributed by atoms with van der Waals surface area (Å²) >= 11 is 0. The fourth-order valence-electron chi connectivity index (χ4n) is 5.30. The molecule has 2 aromatic heterocycles. The molecule has 1 aliphatic carbocycles. The standard InChI is InChI=1S/C27H26F2N4O/c1-16-27(17(2)34-32-16)20-6-10-25-24(15-20)31-26(14-19-5-9-22(28)23(29)13-19)33(25)21-7-3-18(4-8-21)11-12-30/h5-6,9-10,13,15,18,21H,3-4,7-8,11,14H2,1-2H3. The lowest BCUT2D eigenvalue weighted by molar-refractivity contribution is 0.278. The second-order valence-electron chi connectivity index (χ2n) is 9.26. The summed E-state index contributed by atoms with van der Waals surface area (Å²) in [5.74, 6) is 0.335. The maximum Gasteiger partial charge on any atom is 0.159 e. The van der Waals surface area contributed by atoms with Gasteiger partial charge in [0.1, 0.15) is 11.6 Å². The summed E-state index contributed by atoms with van der Waals surface area (Å²) < 4.78 is 35.0. The molecule has 0 atom stereocenters. The Hall–Kier alpha value is -3.53. The zero-order valence-corrected chi connectivity index (χ0v) is 19.3. The second kappa shape index (κ2) is 9.02. The van der Waals surface area contributed by atoms with E-state index in [1.807, 2.05) is 13.8 Å². The predicted molar refractivity (Wildman–Crippen MR) is 125 cm³/mol. The van der Waals surface area contributed by atoms with E-state index in [0.29, 0.717) is 24.3 Å². The highest BCUT2D eigenvalue weighted by molar-refractivity contribution is 5.83. The zero-order valence-electron chi connectivity index (χ0n) is 19.3. The van der Waals surface area contributed by atoms with Crippen LogP contribution in [0.3, 0.4) is 0 Å². The largest absolute Gasteiger partial charge is 0.361 e. The van der Waals surface area contributed by atoms with Crippen LogP contribution in [0.2, 0.25) is 0 Å². The molecular formula is C27H26F2N4O. The molecule has 2 aromatic carbocycles. The van der Waals surface area contributed by atoms with Crippen LogP contribution < -0.4 is 0 Å². The second-order valence-corrected chi connectivity index (χ2v) is 9.26. The average molecular weight is 461 g/mol. The number of nitrogens with zero attached hydrogens (tertiary/aromatic N) is 4. The van der Waals surface area contributed by atoms with Crippen molar-refractivity contribution < 1.29 is 13.3 Å². The lowest BCUT2D eigenvalue weighted by Crippen LogP contribution is -2.20. The Bertz CT molecular complexity index is 1370. The first kappa shape index (κ1) is 22.3. The van der Waals surface area contributed by atoms with Gasteiger partial charge < -0.3 is 9.09 Å². The van der Waals surface area contributed by atoms with Gasteiger partial charge >= 0.3 is 0 Å². The monoisotopic (exact) mass is 460 g/mol. The topological polar surface area (TPSA) is 67.6 Å². The number of aromatic nitrogens is 3. The van der Waals surface area contributed by atoms with E-state index >= 15 is 0 Å². The summed E-state index contributed by atoms with van der Waals surface area (Å²) in [6, 6.07) is 12.8. The van der Waals surface area contributed by atoms with Crippen molar-refractivity contribution in [3.63, 3.8) is 0 Å². The highest BCUT2D eigenvalue weighted by Crippen LogP contribution is 2.38. The Morgan fingerprint density at radius 3 is 2.53 bits per heavy atom.